The van der Waals surface area contributed by atoms with Crippen molar-refractivity contribution in [3.8, 4) is 0 Å². The molecule has 0 aliphatic carbocycles. The van der Waals surface area contributed by atoms with E-state index >= 15 is 0 Å². The minimum absolute atomic E-state index is 0.0851. The molecule has 1 spiro atoms. The summed E-state index contributed by atoms with van der Waals surface area (Å²) < 4.78 is 0. The quantitative estimate of drug-likeness (QED) is 0.542. The molecular formula is C9H17N3. The van der Waals surface area contributed by atoms with Gasteiger partial charge < -0.3 is 0 Å². The molecule has 1 saturated heterocycles. The first-order valence-electron chi connectivity index (χ1n) is 4.71. The maximum absolute atomic E-state index is 4.11. The Balaban J connectivity index is 1.90. The van der Waals surface area contributed by atoms with Crippen molar-refractivity contribution in [2.75, 3.05) is 13.1 Å². The smallest absolute Gasteiger partial charge is 0.193 e. The summed E-state index contributed by atoms with van der Waals surface area (Å²) in [6.45, 7) is 9.11. The van der Waals surface area contributed by atoms with Crippen LogP contribution < -0.4 is 0 Å². The number of piperidine rings is 1. The molecule has 0 bridgehead atoms. The van der Waals surface area contributed by atoms with Crippen molar-refractivity contribution in [1.82, 2.24) is 4.90 Å². The molecule has 0 aromatic heterocycles. The largest absolute Gasteiger partial charge is 0.298 e. The van der Waals surface area contributed by atoms with E-state index in [1.165, 1.54) is 0 Å². The zero-order chi connectivity index (χ0) is 8.82. The van der Waals surface area contributed by atoms with E-state index in [0.29, 0.717) is 5.54 Å². The Bertz CT molecular complexity index is 198. The Morgan fingerprint density at radius 2 is 1.58 bits per heavy atom. The van der Waals surface area contributed by atoms with Crippen LogP contribution in [0.3, 0.4) is 0 Å². The Kier molecular flexibility index (Phi) is 1.55. The van der Waals surface area contributed by atoms with Gasteiger partial charge >= 0.3 is 0 Å². The monoisotopic (exact) mass is 167 g/mol. The summed E-state index contributed by atoms with van der Waals surface area (Å²) in [6, 6.07) is 0. The molecule has 3 nitrogen and oxygen atoms in total. The van der Waals surface area contributed by atoms with Crippen LogP contribution in [0.15, 0.2) is 10.2 Å². The molecule has 0 unspecified atom stereocenters. The first-order valence-corrected chi connectivity index (χ1v) is 4.71. The van der Waals surface area contributed by atoms with Crippen LogP contribution in [0, 0.1) is 0 Å². The van der Waals surface area contributed by atoms with Crippen molar-refractivity contribution >= 4 is 0 Å². The Morgan fingerprint density at radius 3 is 1.92 bits per heavy atom. The summed E-state index contributed by atoms with van der Waals surface area (Å²) in [5.74, 6) is 0. The first-order chi connectivity index (χ1) is 5.52. The summed E-state index contributed by atoms with van der Waals surface area (Å²) in [4.78, 5) is 2.52. The fourth-order valence-corrected chi connectivity index (χ4v) is 1.81. The van der Waals surface area contributed by atoms with Crippen molar-refractivity contribution in [3.63, 3.8) is 0 Å². The molecule has 0 atom stereocenters. The van der Waals surface area contributed by atoms with E-state index in [1.807, 2.05) is 0 Å². The zero-order valence-corrected chi connectivity index (χ0v) is 8.17. The van der Waals surface area contributed by atoms with Gasteiger partial charge in [0.2, 0.25) is 0 Å². The third-order valence-electron chi connectivity index (χ3n) is 2.90. The normalized spacial score (nSPS) is 27.9. The van der Waals surface area contributed by atoms with E-state index < -0.39 is 0 Å². The van der Waals surface area contributed by atoms with Gasteiger partial charge in [0.05, 0.1) is 0 Å². The van der Waals surface area contributed by atoms with Gasteiger partial charge in [-0.15, -0.1) is 0 Å². The van der Waals surface area contributed by atoms with E-state index in [2.05, 4.69) is 35.9 Å². The maximum Gasteiger partial charge on any atom is 0.193 e. The predicted octanol–water partition coefficient (Wildman–Crippen LogP) is 2.04. The van der Waals surface area contributed by atoms with Gasteiger partial charge in [-0.3, -0.25) is 4.90 Å². The third-order valence-corrected chi connectivity index (χ3v) is 2.90. The molecule has 0 radical (unpaired) electrons. The second-order valence-corrected chi connectivity index (χ2v) is 4.84. The van der Waals surface area contributed by atoms with E-state index in [4.69, 9.17) is 0 Å². The van der Waals surface area contributed by atoms with Gasteiger partial charge in [0.25, 0.3) is 0 Å². The van der Waals surface area contributed by atoms with E-state index in [9.17, 15) is 0 Å². The van der Waals surface area contributed by atoms with Gasteiger partial charge in [-0.25, -0.2) is 0 Å². The number of likely N-dealkylation sites (tertiary alicyclic amines) is 1. The lowest BCUT2D eigenvalue weighted by atomic mass is 9.96. The van der Waals surface area contributed by atoms with Crippen molar-refractivity contribution in [1.29, 1.82) is 0 Å². The number of rotatable bonds is 0. The van der Waals surface area contributed by atoms with Gasteiger partial charge in [-0.1, -0.05) is 0 Å². The first kappa shape index (κ1) is 8.17. The van der Waals surface area contributed by atoms with Crippen molar-refractivity contribution in [2.45, 2.75) is 44.8 Å². The van der Waals surface area contributed by atoms with Crippen LogP contribution in [0.1, 0.15) is 33.6 Å². The SMILES string of the molecule is CC(C)(C)N1CCC2(CC1)N=N2. The molecule has 2 heterocycles. The van der Waals surface area contributed by atoms with Crippen molar-refractivity contribution < 1.29 is 0 Å². The Morgan fingerprint density at radius 1 is 1.08 bits per heavy atom. The molecule has 2 rings (SSSR count). The summed E-state index contributed by atoms with van der Waals surface area (Å²) >= 11 is 0. The lowest BCUT2D eigenvalue weighted by molar-refractivity contribution is 0.0946. The maximum atomic E-state index is 4.11. The Hall–Kier alpha value is -0.440. The lowest BCUT2D eigenvalue weighted by Gasteiger charge is -2.39. The molecular weight excluding hydrogens is 150 g/mol. The standard InChI is InChI=1S/C9H17N3/c1-8(2,3)12-6-4-9(5-7-12)10-11-9/h4-7H2,1-3H3. The lowest BCUT2D eigenvalue weighted by Crippen LogP contribution is -2.48. The number of hydrogen-bond donors (Lipinski definition) is 0. The van der Waals surface area contributed by atoms with Crippen LogP contribution in [0.25, 0.3) is 0 Å². The van der Waals surface area contributed by atoms with Gasteiger partial charge in [0, 0.05) is 31.5 Å². The number of hydrogen-bond acceptors (Lipinski definition) is 3. The third kappa shape index (κ3) is 1.38. The van der Waals surface area contributed by atoms with Crippen molar-refractivity contribution in [3.05, 3.63) is 0 Å². The molecule has 12 heavy (non-hydrogen) atoms. The highest BCUT2D eigenvalue weighted by molar-refractivity contribution is 4.99. The van der Waals surface area contributed by atoms with Gasteiger partial charge in [0.1, 0.15) is 0 Å². The summed E-state index contributed by atoms with van der Waals surface area (Å²) in [6.07, 6.45) is 2.26. The molecule has 1 fully saturated rings. The van der Waals surface area contributed by atoms with Crippen molar-refractivity contribution in [2.24, 2.45) is 10.2 Å². The molecule has 2 aliphatic rings. The van der Waals surface area contributed by atoms with Gasteiger partial charge in [-0.05, 0) is 20.8 Å². The minimum Gasteiger partial charge on any atom is -0.298 e. The molecule has 3 heteroatoms. The summed E-state index contributed by atoms with van der Waals surface area (Å²) in [5, 5.41) is 8.22. The van der Waals surface area contributed by atoms with Crippen LogP contribution in [0.2, 0.25) is 0 Å². The van der Waals surface area contributed by atoms with E-state index in [-0.39, 0.29) is 5.66 Å². The Labute approximate surface area is 73.9 Å². The summed E-state index contributed by atoms with van der Waals surface area (Å²) in [7, 11) is 0. The molecule has 0 aromatic carbocycles. The molecule has 2 aliphatic heterocycles. The second kappa shape index (κ2) is 2.28. The fraction of sp³-hybridized carbons (Fsp3) is 1.00. The predicted molar refractivity (Wildman–Crippen MR) is 48.1 cm³/mol. The van der Waals surface area contributed by atoms with Crippen LogP contribution in [0.5, 0.6) is 0 Å². The van der Waals surface area contributed by atoms with Gasteiger partial charge in [-0.2, -0.15) is 10.2 Å². The van der Waals surface area contributed by atoms with Crippen LogP contribution in [-0.4, -0.2) is 29.2 Å². The highest BCUT2D eigenvalue weighted by atomic mass is 15.5. The highest BCUT2D eigenvalue weighted by Gasteiger charge is 2.44. The minimum atomic E-state index is 0.0851. The average molecular weight is 167 g/mol. The van der Waals surface area contributed by atoms with E-state index in [1.54, 1.807) is 0 Å². The zero-order valence-electron chi connectivity index (χ0n) is 8.17. The van der Waals surface area contributed by atoms with Crippen LogP contribution in [-0.2, 0) is 0 Å². The van der Waals surface area contributed by atoms with Crippen LogP contribution >= 0.6 is 0 Å². The topological polar surface area (TPSA) is 28.0 Å². The van der Waals surface area contributed by atoms with E-state index in [0.717, 1.165) is 25.9 Å². The highest BCUT2D eigenvalue weighted by Crippen LogP contribution is 2.39. The van der Waals surface area contributed by atoms with Crippen LogP contribution in [0.4, 0.5) is 0 Å². The molecule has 0 N–H and O–H groups in total. The molecule has 68 valence electrons. The van der Waals surface area contributed by atoms with Gasteiger partial charge in [0.15, 0.2) is 5.66 Å². The average Bonchev–Trinajstić information content (AvgIpc) is 2.68. The second-order valence-electron chi connectivity index (χ2n) is 4.84. The molecule has 0 aromatic rings. The fourth-order valence-electron chi connectivity index (χ4n) is 1.81. The molecule has 0 amide bonds. The summed E-state index contributed by atoms with van der Waals surface area (Å²) in [5.41, 5.74) is 0.401. The number of nitrogens with zero attached hydrogens (tertiary/aromatic N) is 3. The molecule has 0 saturated carbocycles.